The van der Waals surface area contributed by atoms with Crippen LogP contribution in [-0.2, 0) is 18.3 Å². The second-order valence-electron chi connectivity index (χ2n) is 6.73. The van der Waals surface area contributed by atoms with Crippen LogP contribution in [-0.4, -0.2) is 4.98 Å². The van der Waals surface area contributed by atoms with Gasteiger partial charge in [-0.25, -0.2) is 0 Å². The largest absolute Gasteiger partial charge is 0.261 e. The first-order chi connectivity index (χ1) is 9.13. The van der Waals surface area contributed by atoms with Crippen LogP contribution in [0.3, 0.4) is 0 Å². The van der Waals surface area contributed by atoms with E-state index >= 15 is 0 Å². The van der Waals surface area contributed by atoms with Gasteiger partial charge in [0.1, 0.15) is 0 Å². The van der Waals surface area contributed by atoms with E-state index < -0.39 is 0 Å². The van der Waals surface area contributed by atoms with Crippen molar-refractivity contribution in [3.05, 3.63) is 29.1 Å². The Morgan fingerprint density at radius 2 is 1.74 bits per heavy atom. The lowest BCUT2D eigenvalue weighted by Crippen LogP contribution is -2.18. The van der Waals surface area contributed by atoms with Crippen LogP contribution in [0.15, 0.2) is 12.3 Å². The summed E-state index contributed by atoms with van der Waals surface area (Å²) in [6.45, 7) is 6.98. The molecule has 0 bridgehead atoms. The zero-order valence-corrected chi connectivity index (χ0v) is 13.0. The van der Waals surface area contributed by atoms with E-state index in [0.717, 1.165) is 0 Å². The van der Waals surface area contributed by atoms with E-state index in [0.29, 0.717) is 0 Å². The lowest BCUT2D eigenvalue weighted by atomic mass is 9.80. The van der Waals surface area contributed by atoms with Gasteiger partial charge in [0, 0.05) is 11.9 Å². The molecule has 0 aliphatic heterocycles. The number of rotatable bonds is 3. The highest BCUT2D eigenvalue weighted by atomic mass is 14.7. The highest BCUT2D eigenvalue weighted by Gasteiger charge is 2.21. The van der Waals surface area contributed by atoms with Gasteiger partial charge in [0.15, 0.2) is 0 Å². The van der Waals surface area contributed by atoms with Crippen LogP contribution in [0, 0.1) is 0 Å². The predicted octanol–water partition coefficient (Wildman–Crippen LogP) is 5.21. The number of pyridine rings is 1. The van der Waals surface area contributed by atoms with E-state index in [1.807, 2.05) is 0 Å². The van der Waals surface area contributed by atoms with Crippen LogP contribution in [0.2, 0.25) is 0 Å². The van der Waals surface area contributed by atoms with Gasteiger partial charge in [0.2, 0.25) is 0 Å². The summed E-state index contributed by atoms with van der Waals surface area (Å²) in [5.41, 5.74) is 4.61. The molecular weight excluding hydrogens is 230 g/mol. The van der Waals surface area contributed by atoms with Crippen molar-refractivity contribution < 1.29 is 0 Å². The van der Waals surface area contributed by atoms with E-state index in [-0.39, 0.29) is 5.41 Å². The number of hydrogen-bond acceptors (Lipinski definition) is 1. The first-order valence-corrected chi connectivity index (χ1v) is 8.12. The zero-order valence-electron chi connectivity index (χ0n) is 13.0. The Morgan fingerprint density at radius 1 is 1.05 bits per heavy atom. The van der Waals surface area contributed by atoms with E-state index in [9.17, 15) is 0 Å². The summed E-state index contributed by atoms with van der Waals surface area (Å²) >= 11 is 0. The zero-order chi connectivity index (χ0) is 13.7. The van der Waals surface area contributed by atoms with Gasteiger partial charge in [-0.05, 0) is 48.6 Å². The topological polar surface area (TPSA) is 12.9 Å². The molecule has 0 amide bonds. The Hall–Kier alpha value is -0.850. The van der Waals surface area contributed by atoms with Crippen molar-refractivity contribution in [1.82, 2.24) is 4.98 Å². The molecule has 1 heterocycles. The van der Waals surface area contributed by atoms with Gasteiger partial charge in [-0.1, -0.05) is 52.5 Å². The molecule has 1 aromatic heterocycles. The second-order valence-corrected chi connectivity index (χ2v) is 6.73. The molecule has 0 unspecified atom stereocenters. The smallest absolute Gasteiger partial charge is 0.0435 e. The molecule has 0 aromatic carbocycles. The molecule has 1 aliphatic rings. The minimum absolute atomic E-state index is 0.273. The predicted molar refractivity (Wildman–Crippen MR) is 82.7 cm³/mol. The van der Waals surface area contributed by atoms with Crippen molar-refractivity contribution in [3.8, 4) is 0 Å². The number of aryl methyl sites for hydroxylation is 2. The average molecular weight is 259 g/mol. The van der Waals surface area contributed by atoms with Gasteiger partial charge < -0.3 is 0 Å². The quantitative estimate of drug-likeness (QED) is 0.726. The molecule has 0 fully saturated rings. The Labute approximate surface area is 118 Å². The fourth-order valence-electron chi connectivity index (χ4n) is 3.26. The Morgan fingerprint density at radius 3 is 2.47 bits per heavy atom. The minimum Gasteiger partial charge on any atom is -0.261 e. The molecule has 0 saturated carbocycles. The fourth-order valence-corrected chi connectivity index (χ4v) is 3.26. The summed E-state index contributed by atoms with van der Waals surface area (Å²) in [5.74, 6) is 0. The molecule has 1 nitrogen and oxygen atoms in total. The summed E-state index contributed by atoms with van der Waals surface area (Å²) in [6, 6.07) is 2.46. The molecule has 1 aliphatic carbocycles. The van der Waals surface area contributed by atoms with Crippen LogP contribution in [0.25, 0.3) is 0 Å². The van der Waals surface area contributed by atoms with Crippen molar-refractivity contribution in [2.75, 3.05) is 0 Å². The number of nitrogens with zero attached hydrogens (tertiary/aromatic N) is 1. The van der Waals surface area contributed by atoms with Crippen molar-refractivity contribution in [1.29, 1.82) is 0 Å². The highest BCUT2D eigenvalue weighted by molar-refractivity contribution is 5.30. The monoisotopic (exact) mass is 259 g/mol. The first kappa shape index (κ1) is 14.6. The Kier molecular flexibility index (Phi) is 5.01. The summed E-state index contributed by atoms with van der Waals surface area (Å²) in [6.07, 6.45) is 13.9. The highest BCUT2D eigenvalue weighted by Crippen LogP contribution is 2.30. The van der Waals surface area contributed by atoms with E-state index in [1.165, 1.54) is 74.6 Å². The summed E-state index contributed by atoms with van der Waals surface area (Å²) < 4.78 is 0. The average Bonchev–Trinajstić information content (AvgIpc) is 2.49. The van der Waals surface area contributed by atoms with E-state index in [2.05, 4.69) is 33.0 Å². The normalized spacial score (nSPS) is 17.2. The van der Waals surface area contributed by atoms with Gasteiger partial charge in [-0.15, -0.1) is 0 Å². The molecule has 1 aromatic rings. The summed E-state index contributed by atoms with van der Waals surface area (Å²) in [5, 5.41) is 0. The summed E-state index contributed by atoms with van der Waals surface area (Å²) in [4.78, 5) is 4.81. The van der Waals surface area contributed by atoms with Crippen LogP contribution in [0.4, 0.5) is 0 Å². The third kappa shape index (κ3) is 3.81. The lowest BCUT2D eigenvalue weighted by Gasteiger charge is -2.25. The van der Waals surface area contributed by atoms with Crippen molar-refractivity contribution in [3.63, 3.8) is 0 Å². The Bertz CT molecular complexity index is 406. The maximum Gasteiger partial charge on any atom is 0.0435 e. The lowest BCUT2D eigenvalue weighted by molar-refractivity contribution is 0.470. The van der Waals surface area contributed by atoms with Gasteiger partial charge >= 0.3 is 0 Å². The van der Waals surface area contributed by atoms with Gasteiger partial charge in [-0.2, -0.15) is 0 Å². The van der Waals surface area contributed by atoms with Crippen molar-refractivity contribution in [2.45, 2.75) is 84.0 Å². The molecule has 0 saturated heterocycles. The van der Waals surface area contributed by atoms with Gasteiger partial charge in [0.05, 0.1) is 0 Å². The van der Waals surface area contributed by atoms with Crippen molar-refractivity contribution >= 4 is 0 Å². The minimum atomic E-state index is 0.273. The Balaban J connectivity index is 2.25. The van der Waals surface area contributed by atoms with Gasteiger partial charge in [0.25, 0.3) is 0 Å². The number of aromatic nitrogens is 1. The van der Waals surface area contributed by atoms with Crippen molar-refractivity contribution in [2.24, 2.45) is 0 Å². The number of fused-ring (bicyclic) bond motifs is 1. The molecule has 0 spiro atoms. The number of hydrogen-bond donors (Lipinski definition) is 0. The molecule has 106 valence electrons. The fraction of sp³-hybridized carbons (Fsp3) is 0.722. The SMILES string of the molecule is CCCC(C)(C)c1cnc2c(c1)CCCCCCC2. The van der Waals surface area contributed by atoms with Crippen LogP contribution in [0.1, 0.15) is 82.5 Å². The molecule has 0 N–H and O–H groups in total. The molecule has 1 heteroatoms. The molecule has 19 heavy (non-hydrogen) atoms. The third-order valence-electron chi connectivity index (χ3n) is 4.58. The molecule has 0 radical (unpaired) electrons. The van der Waals surface area contributed by atoms with Crippen LogP contribution in [0.5, 0.6) is 0 Å². The van der Waals surface area contributed by atoms with E-state index in [1.54, 1.807) is 0 Å². The third-order valence-corrected chi connectivity index (χ3v) is 4.58. The summed E-state index contributed by atoms with van der Waals surface area (Å²) in [7, 11) is 0. The molecule has 0 atom stereocenters. The first-order valence-electron chi connectivity index (χ1n) is 8.12. The van der Waals surface area contributed by atoms with Crippen LogP contribution >= 0.6 is 0 Å². The van der Waals surface area contributed by atoms with Gasteiger partial charge in [-0.3, -0.25) is 4.98 Å². The maximum atomic E-state index is 4.81. The standard InChI is InChI=1S/C18H29N/c1-4-12-18(2,3)16-13-15-10-8-6-5-7-9-11-17(15)19-14-16/h13-14H,4-12H2,1-3H3. The van der Waals surface area contributed by atoms with E-state index in [4.69, 9.17) is 4.98 Å². The molecule has 2 rings (SSSR count). The maximum absolute atomic E-state index is 4.81. The second kappa shape index (κ2) is 6.54. The molecular formula is C18H29N. The van der Waals surface area contributed by atoms with Crippen LogP contribution < -0.4 is 0 Å².